The third-order valence-corrected chi connectivity index (χ3v) is 8.23. The fourth-order valence-corrected chi connectivity index (χ4v) is 6.66. The van der Waals surface area contributed by atoms with Gasteiger partial charge in [0.1, 0.15) is 11.6 Å². The van der Waals surface area contributed by atoms with Crippen LogP contribution in [0.25, 0.3) is 64.2 Å². The second-order valence-corrected chi connectivity index (χ2v) is 10.1. The molecule has 0 aliphatic rings. The zero-order chi connectivity index (χ0) is 22.8. The van der Waals surface area contributed by atoms with E-state index in [1.165, 1.54) is 12.1 Å². The second kappa shape index (κ2) is 7.42. The molecular weight excluding hydrogens is 464 g/mol. The van der Waals surface area contributed by atoms with E-state index in [0.29, 0.717) is 11.1 Å². The Hall–Kier alpha value is -3.67. The summed E-state index contributed by atoms with van der Waals surface area (Å²) in [5.41, 5.74) is 4.69. The summed E-state index contributed by atoms with van der Waals surface area (Å²) in [7, 11) is 0. The summed E-state index contributed by atoms with van der Waals surface area (Å²) < 4.78 is 31.5. The zero-order valence-corrected chi connectivity index (χ0v) is 19.3. The second-order valence-electron chi connectivity index (χ2n) is 8.27. The van der Waals surface area contributed by atoms with E-state index in [4.69, 9.17) is 4.98 Å². The number of hydrogen-bond acceptors (Lipinski definition) is 3. The van der Waals surface area contributed by atoms with Crippen molar-refractivity contribution in [2.75, 3.05) is 0 Å². The predicted molar refractivity (Wildman–Crippen MR) is 141 cm³/mol. The molecule has 0 radical (unpaired) electrons. The van der Waals surface area contributed by atoms with Crippen LogP contribution < -0.4 is 0 Å². The number of hydrogen-bond donors (Lipinski definition) is 0. The van der Waals surface area contributed by atoms with Crippen molar-refractivity contribution in [3.8, 4) is 22.3 Å². The molecule has 5 heteroatoms. The summed E-state index contributed by atoms with van der Waals surface area (Å²) in [6.45, 7) is 0. The Morgan fingerprint density at radius 2 is 1.00 bits per heavy atom. The molecule has 3 heterocycles. The molecule has 7 aromatic rings. The minimum absolute atomic E-state index is 0.243. The number of thiophene rings is 2. The monoisotopic (exact) mass is 479 g/mol. The first-order valence-corrected chi connectivity index (χ1v) is 12.6. The van der Waals surface area contributed by atoms with Crippen molar-refractivity contribution < 1.29 is 8.78 Å². The predicted octanol–water partition coefficient (Wildman–Crippen LogP) is 9.43. The Kier molecular flexibility index (Phi) is 4.31. The fourth-order valence-electron chi connectivity index (χ4n) is 4.81. The average Bonchev–Trinajstić information content (AvgIpc) is 3.53. The molecule has 0 spiro atoms. The van der Waals surface area contributed by atoms with Gasteiger partial charge in [-0.1, -0.05) is 36.4 Å². The van der Waals surface area contributed by atoms with Crippen molar-refractivity contribution in [1.82, 2.24) is 4.98 Å². The fraction of sp³-hybridized carbons (Fsp3) is 0. The van der Waals surface area contributed by atoms with Crippen LogP contribution >= 0.6 is 22.7 Å². The number of halogens is 2. The lowest BCUT2D eigenvalue weighted by molar-refractivity contribution is 0.631. The maximum atomic E-state index is 14.7. The molecule has 34 heavy (non-hydrogen) atoms. The number of aromatic nitrogens is 1. The smallest absolute Gasteiger partial charge is 0.131 e. The van der Waals surface area contributed by atoms with Gasteiger partial charge in [-0.25, -0.2) is 13.8 Å². The summed E-state index contributed by atoms with van der Waals surface area (Å²) in [4.78, 5) is 5.12. The molecule has 0 saturated carbocycles. The SMILES string of the molecule is Fc1ccccc1-c1cc2cc3cc(-c4ccccc4F)c4sccc4c3nc2c2ccsc12. The van der Waals surface area contributed by atoms with Crippen LogP contribution in [-0.2, 0) is 0 Å². The molecule has 0 aliphatic carbocycles. The Balaban J connectivity index is 1.60. The Labute approximate surface area is 201 Å². The van der Waals surface area contributed by atoms with Crippen LogP contribution in [0.15, 0.2) is 89.6 Å². The molecule has 4 aromatic carbocycles. The summed E-state index contributed by atoms with van der Waals surface area (Å²) in [5, 5.41) is 7.97. The molecule has 0 fully saturated rings. The summed E-state index contributed by atoms with van der Waals surface area (Å²) >= 11 is 3.20. The maximum absolute atomic E-state index is 14.7. The topological polar surface area (TPSA) is 12.9 Å². The first-order valence-electron chi connectivity index (χ1n) is 10.8. The van der Waals surface area contributed by atoms with Gasteiger partial charge in [0, 0.05) is 53.2 Å². The third kappa shape index (κ3) is 2.84. The molecule has 3 aromatic heterocycles. The third-order valence-electron chi connectivity index (χ3n) is 6.34. The molecule has 0 aliphatic heterocycles. The highest BCUT2D eigenvalue weighted by molar-refractivity contribution is 7.18. The van der Waals surface area contributed by atoms with E-state index in [9.17, 15) is 8.78 Å². The van der Waals surface area contributed by atoms with Gasteiger partial charge in [0.2, 0.25) is 0 Å². The van der Waals surface area contributed by atoms with Gasteiger partial charge in [0.25, 0.3) is 0 Å². The summed E-state index contributed by atoms with van der Waals surface area (Å²) in [6.07, 6.45) is 0. The van der Waals surface area contributed by atoms with E-state index in [0.717, 1.165) is 53.1 Å². The Morgan fingerprint density at radius 3 is 1.47 bits per heavy atom. The van der Waals surface area contributed by atoms with Crippen LogP contribution in [0.5, 0.6) is 0 Å². The number of pyridine rings is 1. The van der Waals surface area contributed by atoms with Crippen LogP contribution in [0, 0.1) is 11.6 Å². The average molecular weight is 480 g/mol. The number of rotatable bonds is 2. The van der Waals surface area contributed by atoms with Crippen LogP contribution in [-0.4, -0.2) is 4.98 Å². The molecule has 0 atom stereocenters. The molecule has 0 amide bonds. The van der Waals surface area contributed by atoms with Crippen LogP contribution in [0.2, 0.25) is 0 Å². The molecule has 0 N–H and O–H groups in total. The Morgan fingerprint density at radius 1 is 0.529 bits per heavy atom. The van der Waals surface area contributed by atoms with Gasteiger partial charge in [-0.2, -0.15) is 0 Å². The summed E-state index contributed by atoms with van der Waals surface area (Å²) in [6, 6.07) is 24.0. The van der Waals surface area contributed by atoms with Gasteiger partial charge in [-0.3, -0.25) is 0 Å². The summed E-state index contributed by atoms with van der Waals surface area (Å²) in [5.74, 6) is -0.487. The van der Waals surface area contributed by atoms with E-state index >= 15 is 0 Å². The molecule has 1 nitrogen and oxygen atoms in total. The first kappa shape index (κ1) is 19.8. The van der Waals surface area contributed by atoms with Gasteiger partial charge >= 0.3 is 0 Å². The van der Waals surface area contributed by atoms with Gasteiger partial charge in [0.05, 0.1) is 11.0 Å². The lowest BCUT2D eigenvalue weighted by Gasteiger charge is -2.12. The van der Waals surface area contributed by atoms with Crippen molar-refractivity contribution in [2.24, 2.45) is 0 Å². The highest BCUT2D eigenvalue weighted by atomic mass is 32.1. The van der Waals surface area contributed by atoms with Crippen molar-refractivity contribution in [1.29, 1.82) is 0 Å². The van der Waals surface area contributed by atoms with Gasteiger partial charge in [0.15, 0.2) is 0 Å². The van der Waals surface area contributed by atoms with E-state index in [1.54, 1.807) is 34.8 Å². The zero-order valence-electron chi connectivity index (χ0n) is 17.7. The number of nitrogens with zero attached hydrogens (tertiary/aromatic N) is 1. The largest absolute Gasteiger partial charge is 0.246 e. The van der Waals surface area contributed by atoms with Crippen LogP contribution in [0.1, 0.15) is 0 Å². The number of fused-ring (bicyclic) bond motifs is 6. The molecule has 0 bridgehead atoms. The lowest BCUT2D eigenvalue weighted by Crippen LogP contribution is -1.90. The van der Waals surface area contributed by atoms with Crippen molar-refractivity contribution >= 4 is 64.7 Å². The van der Waals surface area contributed by atoms with E-state index in [-0.39, 0.29) is 11.6 Å². The molecule has 0 unspecified atom stereocenters. The van der Waals surface area contributed by atoms with Gasteiger partial charge < -0.3 is 0 Å². The number of benzene rings is 4. The lowest BCUT2D eigenvalue weighted by atomic mass is 9.97. The van der Waals surface area contributed by atoms with E-state index in [1.807, 2.05) is 47.2 Å². The van der Waals surface area contributed by atoms with Gasteiger partial charge in [-0.05, 0) is 53.2 Å². The Bertz CT molecular complexity index is 1760. The standard InChI is InChI=1S/C29H15F2NS2/c30-24-7-3-1-5-18(24)22-14-16-13-17-15-23(19-6-2-4-8-25(19)31)29-21(10-12-34-29)27(17)32-26(16)20-9-11-33-28(20)22/h1-15H. The molecule has 162 valence electrons. The molecule has 7 rings (SSSR count). The van der Waals surface area contributed by atoms with Gasteiger partial charge in [-0.15, -0.1) is 22.7 Å². The highest BCUT2D eigenvalue weighted by Crippen LogP contribution is 2.42. The van der Waals surface area contributed by atoms with E-state index < -0.39 is 0 Å². The van der Waals surface area contributed by atoms with E-state index in [2.05, 4.69) is 18.2 Å². The van der Waals surface area contributed by atoms with Crippen LogP contribution in [0.4, 0.5) is 8.78 Å². The quantitative estimate of drug-likeness (QED) is 0.225. The maximum Gasteiger partial charge on any atom is 0.131 e. The first-order chi connectivity index (χ1) is 16.7. The van der Waals surface area contributed by atoms with Crippen molar-refractivity contribution in [3.63, 3.8) is 0 Å². The highest BCUT2D eigenvalue weighted by Gasteiger charge is 2.17. The minimum Gasteiger partial charge on any atom is -0.246 e. The minimum atomic E-state index is -0.243. The van der Waals surface area contributed by atoms with Crippen molar-refractivity contribution in [3.05, 3.63) is 101 Å². The van der Waals surface area contributed by atoms with Crippen LogP contribution in [0.3, 0.4) is 0 Å². The molecular formula is C29H15F2NS2. The normalized spacial score (nSPS) is 11.8. The molecule has 0 saturated heterocycles. The van der Waals surface area contributed by atoms with Crippen molar-refractivity contribution in [2.45, 2.75) is 0 Å².